The predicted molar refractivity (Wildman–Crippen MR) is 102 cm³/mol. The van der Waals surface area contributed by atoms with E-state index < -0.39 is 12.1 Å². The number of aliphatic hydroxyl groups is 1. The number of nitrogens with one attached hydrogen (secondary N) is 2. The summed E-state index contributed by atoms with van der Waals surface area (Å²) in [6, 6.07) is 14.0. The van der Waals surface area contributed by atoms with Crippen molar-refractivity contribution in [3.8, 4) is 0 Å². The van der Waals surface area contributed by atoms with Crippen LogP contribution in [0.1, 0.15) is 42.2 Å². The molecule has 0 saturated heterocycles. The summed E-state index contributed by atoms with van der Waals surface area (Å²) in [6.45, 7) is 3.48. The van der Waals surface area contributed by atoms with Gasteiger partial charge < -0.3 is 15.7 Å². The van der Waals surface area contributed by atoms with Crippen LogP contribution in [0, 0.1) is 6.92 Å². The summed E-state index contributed by atoms with van der Waals surface area (Å²) in [5.41, 5.74) is 2.64. The van der Waals surface area contributed by atoms with E-state index >= 15 is 0 Å². The number of benzene rings is 2. The van der Waals surface area contributed by atoms with Crippen LogP contribution in [0.3, 0.4) is 0 Å². The molecule has 0 aliphatic rings. The van der Waals surface area contributed by atoms with E-state index in [1.54, 1.807) is 24.3 Å². The molecule has 2 aromatic rings. The van der Waals surface area contributed by atoms with Crippen molar-refractivity contribution in [1.29, 1.82) is 0 Å². The Morgan fingerprint density at radius 1 is 1.04 bits per heavy atom. The van der Waals surface area contributed by atoms with Gasteiger partial charge in [-0.2, -0.15) is 0 Å². The first-order valence-electron chi connectivity index (χ1n) is 8.39. The van der Waals surface area contributed by atoms with Gasteiger partial charge in [-0.15, -0.1) is 0 Å². The van der Waals surface area contributed by atoms with Crippen molar-refractivity contribution in [3.63, 3.8) is 0 Å². The van der Waals surface area contributed by atoms with E-state index in [9.17, 15) is 14.7 Å². The summed E-state index contributed by atoms with van der Waals surface area (Å²) in [6.07, 6.45) is -0.712. The second-order valence-corrected chi connectivity index (χ2v) is 6.68. The average Bonchev–Trinajstić information content (AvgIpc) is 2.60. The lowest BCUT2D eigenvalue weighted by Crippen LogP contribution is -2.34. The third-order valence-corrected chi connectivity index (χ3v) is 4.25. The second-order valence-electron chi connectivity index (χ2n) is 6.24. The zero-order chi connectivity index (χ0) is 19.1. The molecule has 0 spiro atoms. The first-order chi connectivity index (χ1) is 12.3. The fraction of sp³-hybridized carbons (Fsp3) is 0.300. The summed E-state index contributed by atoms with van der Waals surface area (Å²) in [7, 11) is 0. The van der Waals surface area contributed by atoms with Crippen LogP contribution in [0.5, 0.6) is 0 Å². The first-order valence-corrected chi connectivity index (χ1v) is 8.77. The lowest BCUT2D eigenvalue weighted by molar-refractivity contribution is -0.123. The maximum Gasteiger partial charge on any atom is 0.222 e. The van der Waals surface area contributed by atoms with E-state index in [1.165, 1.54) is 6.92 Å². The van der Waals surface area contributed by atoms with Gasteiger partial charge in [-0.1, -0.05) is 53.6 Å². The van der Waals surface area contributed by atoms with E-state index in [0.29, 0.717) is 5.02 Å². The monoisotopic (exact) mass is 374 g/mol. The van der Waals surface area contributed by atoms with Gasteiger partial charge in [-0.05, 0) is 30.2 Å². The molecule has 2 aromatic carbocycles. The number of aliphatic hydroxyl groups excluding tert-OH is 1. The average molecular weight is 375 g/mol. The molecule has 0 aromatic heterocycles. The standard InChI is InChI=1S/C20H23ClN2O3/c1-13-3-5-16(6-4-13)19(25)12-22-20(26)11-18(23-14(2)24)15-7-9-17(21)10-8-15/h3-10,18-19,25H,11-12H2,1-2H3,(H,22,26)(H,23,24)/t18-,19-/m1/s1. The highest BCUT2D eigenvalue weighted by molar-refractivity contribution is 6.30. The van der Waals surface area contributed by atoms with Crippen molar-refractivity contribution in [2.24, 2.45) is 0 Å². The fourth-order valence-electron chi connectivity index (χ4n) is 2.57. The van der Waals surface area contributed by atoms with Crippen molar-refractivity contribution in [2.75, 3.05) is 6.54 Å². The Morgan fingerprint density at radius 2 is 1.62 bits per heavy atom. The molecule has 0 fully saturated rings. The molecule has 2 atom stereocenters. The summed E-state index contributed by atoms with van der Waals surface area (Å²) < 4.78 is 0. The molecule has 2 amide bonds. The van der Waals surface area contributed by atoms with Crippen LogP contribution in [0.15, 0.2) is 48.5 Å². The normalized spacial score (nSPS) is 12.9. The maximum atomic E-state index is 12.3. The molecule has 0 unspecified atom stereocenters. The van der Waals surface area contributed by atoms with Gasteiger partial charge in [-0.3, -0.25) is 9.59 Å². The van der Waals surface area contributed by atoms with Crippen LogP contribution in [-0.4, -0.2) is 23.5 Å². The minimum atomic E-state index is -0.783. The van der Waals surface area contributed by atoms with Gasteiger partial charge >= 0.3 is 0 Å². The molecule has 0 heterocycles. The Kier molecular flexibility index (Phi) is 7.18. The Balaban J connectivity index is 1.94. The summed E-state index contributed by atoms with van der Waals surface area (Å²) in [5.74, 6) is -0.484. The SMILES string of the molecule is CC(=O)N[C@H](CC(=O)NC[C@@H](O)c1ccc(C)cc1)c1ccc(Cl)cc1. The summed E-state index contributed by atoms with van der Waals surface area (Å²) in [5, 5.41) is 16.3. The van der Waals surface area contributed by atoms with Crippen LogP contribution < -0.4 is 10.6 Å². The van der Waals surface area contributed by atoms with Crippen LogP contribution in [-0.2, 0) is 9.59 Å². The number of carbonyl (C=O) groups excluding carboxylic acids is 2. The van der Waals surface area contributed by atoms with Gasteiger partial charge in [0.15, 0.2) is 0 Å². The van der Waals surface area contributed by atoms with E-state index in [-0.39, 0.29) is 24.8 Å². The topological polar surface area (TPSA) is 78.4 Å². The Hall–Kier alpha value is -2.37. The predicted octanol–water partition coefficient (Wildman–Crippen LogP) is 3.07. The van der Waals surface area contributed by atoms with Gasteiger partial charge in [-0.25, -0.2) is 0 Å². The minimum absolute atomic E-state index is 0.0713. The number of carbonyl (C=O) groups is 2. The van der Waals surface area contributed by atoms with Crippen molar-refractivity contribution >= 4 is 23.4 Å². The number of halogens is 1. The molecule has 138 valence electrons. The van der Waals surface area contributed by atoms with Crippen LogP contribution in [0.4, 0.5) is 0 Å². The van der Waals surface area contributed by atoms with Crippen LogP contribution in [0.25, 0.3) is 0 Å². The van der Waals surface area contributed by atoms with Crippen molar-refractivity contribution in [1.82, 2.24) is 10.6 Å². The van der Waals surface area contributed by atoms with Crippen molar-refractivity contribution < 1.29 is 14.7 Å². The molecule has 0 saturated carbocycles. The first kappa shape index (κ1) is 19.9. The number of aryl methyl sites for hydroxylation is 1. The van der Waals surface area contributed by atoms with Crippen molar-refractivity contribution in [2.45, 2.75) is 32.4 Å². The lowest BCUT2D eigenvalue weighted by atomic mass is 10.0. The molecular weight excluding hydrogens is 352 g/mol. The Bertz CT molecular complexity index is 745. The van der Waals surface area contributed by atoms with E-state index in [4.69, 9.17) is 11.6 Å². The van der Waals surface area contributed by atoms with Crippen LogP contribution >= 0.6 is 11.6 Å². The quantitative estimate of drug-likeness (QED) is 0.697. The minimum Gasteiger partial charge on any atom is -0.387 e. The lowest BCUT2D eigenvalue weighted by Gasteiger charge is -2.19. The number of amides is 2. The third kappa shape index (κ3) is 6.17. The molecule has 0 bridgehead atoms. The molecule has 0 aliphatic carbocycles. The maximum absolute atomic E-state index is 12.3. The molecular formula is C20H23ClN2O3. The largest absolute Gasteiger partial charge is 0.387 e. The molecule has 26 heavy (non-hydrogen) atoms. The third-order valence-electron chi connectivity index (χ3n) is 3.99. The number of rotatable bonds is 7. The highest BCUT2D eigenvalue weighted by Gasteiger charge is 2.18. The van der Waals surface area contributed by atoms with Crippen LogP contribution in [0.2, 0.25) is 5.02 Å². The number of hydrogen-bond donors (Lipinski definition) is 3. The van der Waals surface area contributed by atoms with E-state index in [2.05, 4.69) is 10.6 Å². The van der Waals surface area contributed by atoms with Gasteiger partial charge in [0.2, 0.25) is 11.8 Å². The Labute approximate surface area is 158 Å². The molecule has 3 N–H and O–H groups in total. The smallest absolute Gasteiger partial charge is 0.222 e. The second kappa shape index (κ2) is 9.36. The molecule has 0 aliphatic heterocycles. The Morgan fingerprint density at radius 3 is 2.19 bits per heavy atom. The fourth-order valence-corrected chi connectivity index (χ4v) is 2.69. The van der Waals surface area contributed by atoms with E-state index in [0.717, 1.165) is 16.7 Å². The molecule has 5 nitrogen and oxygen atoms in total. The van der Waals surface area contributed by atoms with Gasteiger partial charge in [0, 0.05) is 18.5 Å². The van der Waals surface area contributed by atoms with E-state index in [1.807, 2.05) is 31.2 Å². The van der Waals surface area contributed by atoms with Crippen molar-refractivity contribution in [3.05, 3.63) is 70.2 Å². The summed E-state index contributed by atoms with van der Waals surface area (Å²) in [4.78, 5) is 23.7. The van der Waals surface area contributed by atoms with Gasteiger partial charge in [0.05, 0.1) is 18.6 Å². The zero-order valence-electron chi connectivity index (χ0n) is 14.8. The highest BCUT2D eigenvalue weighted by Crippen LogP contribution is 2.20. The molecule has 0 radical (unpaired) electrons. The van der Waals surface area contributed by atoms with Gasteiger partial charge in [0.1, 0.15) is 0 Å². The number of hydrogen-bond acceptors (Lipinski definition) is 3. The molecule has 6 heteroatoms. The summed E-state index contributed by atoms with van der Waals surface area (Å²) >= 11 is 5.89. The van der Waals surface area contributed by atoms with Gasteiger partial charge in [0.25, 0.3) is 0 Å². The molecule has 2 rings (SSSR count). The zero-order valence-corrected chi connectivity index (χ0v) is 15.6. The highest BCUT2D eigenvalue weighted by atomic mass is 35.5.